The van der Waals surface area contributed by atoms with Gasteiger partial charge in [0.2, 0.25) is 15.9 Å². The number of amides is 1. The molecular weight excluding hydrogens is 431 g/mol. The Balaban J connectivity index is 1.49. The first kappa shape index (κ1) is 24.2. The Hall–Kier alpha value is -2.45. The minimum absolute atomic E-state index is 0.0450. The first-order valence-electron chi connectivity index (χ1n) is 11.0. The summed E-state index contributed by atoms with van der Waals surface area (Å²) in [5.41, 5.74) is 1.15. The standard InChI is InChI=1S/C24H31FN2O4S/c1-18(2)31-22-9-3-6-19(16-22)7-4-14-26-24(28)20-8-5-15-27(17-20)32(29,30)23-12-10-21(25)11-13-23/h3,6,9-13,16,18,20H,4-5,7-8,14-15,17H2,1-2H3,(H,26,28)/t20-/m1/s1. The monoisotopic (exact) mass is 462 g/mol. The smallest absolute Gasteiger partial charge is 0.243 e. The number of nitrogens with one attached hydrogen (secondary N) is 1. The lowest BCUT2D eigenvalue weighted by atomic mass is 9.99. The Morgan fingerprint density at radius 3 is 2.69 bits per heavy atom. The Morgan fingerprint density at radius 2 is 1.97 bits per heavy atom. The topological polar surface area (TPSA) is 75.7 Å². The van der Waals surface area contributed by atoms with Crippen molar-refractivity contribution in [3.05, 3.63) is 59.9 Å². The molecule has 0 unspecified atom stereocenters. The van der Waals surface area contributed by atoms with Crippen LogP contribution in [-0.4, -0.2) is 44.4 Å². The average molecular weight is 463 g/mol. The lowest BCUT2D eigenvalue weighted by Crippen LogP contribution is -2.45. The number of benzene rings is 2. The maximum Gasteiger partial charge on any atom is 0.243 e. The van der Waals surface area contributed by atoms with E-state index in [2.05, 4.69) is 5.32 Å². The van der Waals surface area contributed by atoms with E-state index in [0.717, 1.165) is 36.3 Å². The molecule has 32 heavy (non-hydrogen) atoms. The van der Waals surface area contributed by atoms with E-state index in [1.54, 1.807) is 0 Å². The zero-order chi connectivity index (χ0) is 23.1. The highest BCUT2D eigenvalue weighted by molar-refractivity contribution is 7.89. The van der Waals surface area contributed by atoms with Gasteiger partial charge in [-0.1, -0.05) is 12.1 Å². The van der Waals surface area contributed by atoms with Crippen molar-refractivity contribution in [3.63, 3.8) is 0 Å². The van der Waals surface area contributed by atoms with Crippen molar-refractivity contribution in [2.45, 2.75) is 50.5 Å². The molecule has 0 radical (unpaired) electrons. The molecule has 1 aliphatic heterocycles. The number of piperidine rings is 1. The molecule has 3 rings (SSSR count). The maximum atomic E-state index is 13.1. The quantitative estimate of drug-likeness (QED) is 0.576. The summed E-state index contributed by atoms with van der Waals surface area (Å²) in [5, 5.41) is 2.95. The molecule has 1 aliphatic rings. The molecule has 2 aromatic carbocycles. The highest BCUT2D eigenvalue weighted by atomic mass is 32.2. The predicted molar refractivity (Wildman–Crippen MR) is 121 cm³/mol. The first-order valence-corrected chi connectivity index (χ1v) is 12.5. The molecule has 1 amide bonds. The van der Waals surface area contributed by atoms with E-state index >= 15 is 0 Å². The maximum absolute atomic E-state index is 13.1. The van der Waals surface area contributed by atoms with Gasteiger partial charge in [0.25, 0.3) is 0 Å². The van der Waals surface area contributed by atoms with Gasteiger partial charge >= 0.3 is 0 Å². The number of sulfonamides is 1. The Labute approximate surface area is 189 Å². The molecule has 0 aliphatic carbocycles. The number of rotatable bonds is 9. The summed E-state index contributed by atoms with van der Waals surface area (Å²) in [5.74, 6) is -0.159. The van der Waals surface area contributed by atoms with E-state index in [4.69, 9.17) is 4.74 Å². The van der Waals surface area contributed by atoms with Crippen LogP contribution in [0.2, 0.25) is 0 Å². The molecule has 0 spiro atoms. The van der Waals surface area contributed by atoms with Gasteiger partial charge in [0.15, 0.2) is 0 Å². The minimum Gasteiger partial charge on any atom is -0.491 e. The zero-order valence-electron chi connectivity index (χ0n) is 18.6. The van der Waals surface area contributed by atoms with Gasteiger partial charge in [-0.05, 0) is 81.5 Å². The average Bonchev–Trinajstić information content (AvgIpc) is 2.77. The van der Waals surface area contributed by atoms with Crippen molar-refractivity contribution in [1.82, 2.24) is 9.62 Å². The summed E-state index contributed by atoms with van der Waals surface area (Å²) in [6, 6.07) is 12.7. The summed E-state index contributed by atoms with van der Waals surface area (Å²) in [6.45, 7) is 4.99. The molecule has 0 aromatic heterocycles. The van der Waals surface area contributed by atoms with Crippen molar-refractivity contribution in [1.29, 1.82) is 0 Å². The van der Waals surface area contributed by atoms with Crippen LogP contribution in [0.3, 0.4) is 0 Å². The Bertz CT molecular complexity index is 1010. The molecule has 174 valence electrons. The van der Waals surface area contributed by atoms with E-state index in [9.17, 15) is 17.6 Å². The van der Waals surface area contributed by atoms with Crippen LogP contribution in [0.15, 0.2) is 53.4 Å². The number of carbonyl (C=O) groups is 1. The van der Waals surface area contributed by atoms with Gasteiger partial charge in [0.05, 0.1) is 16.9 Å². The van der Waals surface area contributed by atoms with Crippen LogP contribution >= 0.6 is 0 Å². The van der Waals surface area contributed by atoms with Crippen molar-refractivity contribution in [2.75, 3.05) is 19.6 Å². The van der Waals surface area contributed by atoms with Crippen LogP contribution in [-0.2, 0) is 21.2 Å². The number of carbonyl (C=O) groups excluding carboxylic acids is 1. The predicted octanol–water partition coefficient (Wildman–Crippen LogP) is 3.76. The third-order valence-corrected chi connectivity index (χ3v) is 7.30. The third kappa shape index (κ3) is 6.53. The minimum atomic E-state index is -3.74. The lowest BCUT2D eigenvalue weighted by molar-refractivity contribution is -0.126. The van der Waals surface area contributed by atoms with Crippen molar-refractivity contribution >= 4 is 15.9 Å². The van der Waals surface area contributed by atoms with Crippen LogP contribution in [0.5, 0.6) is 5.75 Å². The second-order valence-corrected chi connectivity index (χ2v) is 10.3. The first-order chi connectivity index (χ1) is 15.3. The van der Waals surface area contributed by atoms with E-state index in [-0.39, 0.29) is 29.4 Å². The van der Waals surface area contributed by atoms with Crippen LogP contribution < -0.4 is 10.1 Å². The summed E-state index contributed by atoms with van der Waals surface area (Å²) in [7, 11) is -3.74. The normalized spacial score (nSPS) is 17.3. The molecule has 0 saturated carbocycles. The van der Waals surface area contributed by atoms with E-state index in [1.165, 1.54) is 16.4 Å². The number of hydrogen-bond acceptors (Lipinski definition) is 4. The molecular formula is C24H31FN2O4S. The van der Waals surface area contributed by atoms with Crippen LogP contribution in [0.1, 0.15) is 38.7 Å². The van der Waals surface area contributed by atoms with Crippen LogP contribution in [0, 0.1) is 11.7 Å². The van der Waals surface area contributed by atoms with Gasteiger partial charge in [0, 0.05) is 19.6 Å². The summed E-state index contributed by atoms with van der Waals surface area (Å²) in [6.07, 6.45) is 2.97. The molecule has 0 bridgehead atoms. The fraction of sp³-hybridized carbons (Fsp3) is 0.458. The molecule has 1 saturated heterocycles. The molecule has 1 heterocycles. The second kappa shape index (κ2) is 10.9. The van der Waals surface area contributed by atoms with Crippen molar-refractivity contribution in [2.24, 2.45) is 5.92 Å². The van der Waals surface area contributed by atoms with E-state index in [0.29, 0.717) is 25.9 Å². The number of hydrogen-bond donors (Lipinski definition) is 1. The SMILES string of the molecule is CC(C)Oc1cccc(CCCNC(=O)[C@@H]2CCCN(S(=O)(=O)c3ccc(F)cc3)C2)c1. The molecule has 1 atom stereocenters. The number of halogens is 1. The van der Waals surface area contributed by atoms with Gasteiger partial charge in [-0.25, -0.2) is 12.8 Å². The molecule has 2 aromatic rings. The van der Waals surface area contributed by atoms with Crippen LogP contribution in [0.4, 0.5) is 4.39 Å². The van der Waals surface area contributed by atoms with Crippen molar-refractivity contribution in [3.8, 4) is 5.75 Å². The van der Waals surface area contributed by atoms with E-state index < -0.39 is 15.8 Å². The van der Waals surface area contributed by atoms with Crippen molar-refractivity contribution < 1.29 is 22.3 Å². The van der Waals surface area contributed by atoms with Crippen LogP contribution in [0.25, 0.3) is 0 Å². The van der Waals surface area contributed by atoms with Gasteiger partial charge < -0.3 is 10.1 Å². The molecule has 8 heteroatoms. The van der Waals surface area contributed by atoms with Gasteiger partial charge in [0.1, 0.15) is 11.6 Å². The van der Waals surface area contributed by atoms with Gasteiger partial charge in [-0.2, -0.15) is 4.31 Å². The largest absolute Gasteiger partial charge is 0.491 e. The summed E-state index contributed by atoms with van der Waals surface area (Å²) >= 11 is 0. The molecule has 6 nitrogen and oxygen atoms in total. The molecule has 1 N–H and O–H groups in total. The Morgan fingerprint density at radius 1 is 1.22 bits per heavy atom. The Kier molecular flexibility index (Phi) is 8.26. The zero-order valence-corrected chi connectivity index (χ0v) is 19.4. The number of ether oxygens (including phenoxy) is 1. The molecule has 1 fully saturated rings. The van der Waals surface area contributed by atoms with Gasteiger partial charge in [-0.3, -0.25) is 4.79 Å². The highest BCUT2D eigenvalue weighted by Gasteiger charge is 2.33. The fourth-order valence-electron chi connectivity index (χ4n) is 3.83. The summed E-state index contributed by atoms with van der Waals surface area (Å²) in [4.78, 5) is 12.7. The number of aryl methyl sites for hydroxylation is 1. The summed E-state index contributed by atoms with van der Waals surface area (Å²) < 4.78 is 45.9. The number of nitrogens with zero attached hydrogens (tertiary/aromatic N) is 1. The van der Waals surface area contributed by atoms with E-state index in [1.807, 2.05) is 38.1 Å². The third-order valence-electron chi connectivity index (χ3n) is 5.42. The highest BCUT2D eigenvalue weighted by Crippen LogP contribution is 2.24. The fourth-order valence-corrected chi connectivity index (χ4v) is 5.35. The second-order valence-electron chi connectivity index (χ2n) is 8.36. The van der Waals surface area contributed by atoms with Gasteiger partial charge in [-0.15, -0.1) is 0 Å². The lowest BCUT2D eigenvalue weighted by Gasteiger charge is -2.31.